The van der Waals surface area contributed by atoms with Gasteiger partial charge in [0.2, 0.25) is 5.91 Å². The fourth-order valence-electron chi connectivity index (χ4n) is 2.36. The van der Waals surface area contributed by atoms with Crippen LogP contribution in [0.3, 0.4) is 0 Å². The van der Waals surface area contributed by atoms with Crippen molar-refractivity contribution in [1.82, 2.24) is 0 Å². The second-order valence-corrected chi connectivity index (χ2v) is 6.78. The van der Waals surface area contributed by atoms with Crippen LogP contribution in [0.1, 0.15) is 32.4 Å². The van der Waals surface area contributed by atoms with E-state index >= 15 is 0 Å². The minimum atomic E-state index is -0.585. The van der Waals surface area contributed by atoms with Crippen LogP contribution in [-0.2, 0) is 4.79 Å². The molecular formula is C15H20BrN3O. The van der Waals surface area contributed by atoms with Gasteiger partial charge in [-0.2, -0.15) is 0 Å². The van der Waals surface area contributed by atoms with Crippen LogP contribution >= 0.6 is 15.9 Å². The average Bonchev–Trinajstić information content (AvgIpc) is 2.61. The van der Waals surface area contributed by atoms with E-state index in [1.165, 1.54) is 0 Å². The maximum Gasteiger partial charge on any atom is 0.245 e. The summed E-state index contributed by atoms with van der Waals surface area (Å²) < 4.78 is 0.931. The van der Waals surface area contributed by atoms with Crippen LogP contribution in [0.4, 0.5) is 11.4 Å². The minimum Gasteiger partial charge on any atom is -0.362 e. The van der Waals surface area contributed by atoms with Gasteiger partial charge < -0.3 is 16.0 Å². The zero-order chi connectivity index (χ0) is 15.1. The molecular weight excluding hydrogens is 318 g/mol. The van der Waals surface area contributed by atoms with E-state index in [9.17, 15) is 4.79 Å². The number of hydrogen-bond donors (Lipinski definition) is 2. The second-order valence-electron chi connectivity index (χ2n) is 5.93. The minimum absolute atomic E-state index is 0.0598. The Morgan fingerprint density at radius 2 is 2.15 bits per heavy atom. The van der Waals surface area contributed by atoms with Crippen molar-refractivity contribution in [2.24, 2.45) is 5.73 Å². The van der Waals surface area contributed by atoms with Crippen LogP contribution in [0.5, 0.6) is 0 Å². The van der Waals surface area contributed by atoms with Crippen molar-refractivity contribution >= 4 is 33.2 Å². The third-order valence-corrected chi connectivity index (χ3v) is 4.04. The van der Waals surface area contributed by atoms with Gasteiger partial charge in [0.1, 0.15) is 6.04 Å². The molecule has 108 valence electrons. The summed E-state index contributed by atoms with van der Waals surface area (Å²) in [6.07, 6.45) is 1.87. The number of carbonyl (C=O) groups is 1. The summed E-state index contributed by atoms with van der Waals surface area (Å²) in [5.74, 6) is -0.157. The molecule has 0 aromatic heterocycles. The number of amides is 1. The number of fused-ring (bicyclic) bond motifs is 1. The highest BCUT2D eigenvalue weighted by Gasteiger charge is 2.30. The molecule has 0 saturated heterocycles. The lowest BCUT2D eigenvalue weighted by Crippen LogP contribution is -2.41. The van der Waals surface area contributed by atoms with Gasteiger partial charge in [-0.15, -0.1) is 6.58 Å². The van der Waals surface area contributed by atoms with Crippen LogP contribution in [0, 0.1) is 0 Å². The normalized spacial score (nSPS) is 17.6. The van der Waals surface area contributed by atoms with E-state index < -0.39 is 6.04 Å². The zero-order valence-electron chi connectivity index (χ0n) is 12.0. The Hall–Kier alpha value is -1.33. The molecule has 0 radical (unpaired) electrons. The highest BCUT2D eigenvalue weighted by Crippen LogP contribution is 2.40. The van der Waals surface area contributed by atoms with E-state index in [4.69, 9.17) is 5.73 Å². The third kappa shape index (κ3) is 2.60. The number of carbonyl (C=O) groups excluding carboxylic acids is 1. The van der Waals surface area contributed by atoms with Gasteiger partial charge >= 0.3 is 0 Å². The summed E-state index contributed by atoms with van der Waals surface area (Å²) in [6, 6.07) is 3.31. The predicted molar refractivity (Wildman–Crippen MR) is 87.0 cm³/mol. The van der Waals surface area contributed by atoms with Gasteiger partial charge in [0.15, 0.2) is 0 Å². The quantitative estimate of drug-likeness (QED) is 0.832. The summed E-state index contributed by atoms with van der Waals surface area (Å²) >= 11 is 3.59. The molecule has 20 heavy (non-hydrogen) atoms. The van der Waals surface area contributed by atoms with Crippen molar-refractivity contribution in [2.45, 2.75) is 32.4 Å². The maximum atomic E-state index is 11.7. The Morgan fingerprint density at radius 1 is 1.50 bits per heavy atom. The Kier molecular flexibility index (Phi) is 3.93. The van der Waals surface area contributed by atoms with Crippen molar-refractivity contribution in [1.29, 1.82) is 0 Å². The smallest absolute Gasteiger partial charge is 0.245 e. The third-order valence-electron chi connectivity index (χ3n) is 3.41. The van der Waals surface area contributed by atoms with Crippen LogP contribution in [0.25, 0.3) is 0 Å². The topological polar surface area (TPSA) is 58.4 Å². The van der Waals surface area contributed by atoms with E-state index in [-0.39, 0.29) is 11.4 Å². The number of benzene rings is 1. The molecule has 1 aliphatic heterocycles. The first-order valence-corrected chi connectivity index (χ1v) is 7.33. The van der Waals surface area contributed by atoms with Gasteiger partial charge in [0.05, 0.1) is 5.69 Å². The molecule has 1 heterocycles. The van der Waals surface area contributed by atoms with Crippen LogP contribution in [0.15, 0.2) is 29.3 Å². The SMILES string of the molecule is C=CCN(c1cc2c(cc1Br)C(N)C(=O)N2)C(C)(C)C. The molecule has 0 saturated carbocycles. The summed E-state index contributed by atoms with van der Waals surface area (Å²) in [7, 11) is 0. The number of hydrogen-bond acceptors (Lipinski definition) is 3. The first-order chi connectivity index (χ1) is 9.25. The monoisotopic (exact) mass is 337 g/mol. The van der Waals surface area contributed by atoms with Gasteiger partial charge in [0, 0.05) is 27.8 Å². The van der Waals surface area contributed by atoms with Crippen molar-refractivity contribution in [3.8, 4) is 0 Å². The number of nitrogens with one attached hydrogen (secondary N) is 1. The molecule has 0 bridgehead atoms. The lowest BCUT2D eigenvalue weighted by molar-refractivity contribution is -0.116. The largest absolute Gasteiger partial charge is 0.362 e. The van der Waals surface area contributed by atoms with E-state index in [2.05, 4.69) is 53.5 Å². The highest BCUT2D eigenvalue weighted by atomic mass is 79.9. The Labute approximate surface area is 128 Å². The molecule has 2 rings (SSSR count). The zero-order valence-corrected chi connectivity index (χ0v) is 13.6. The van der Waals surface area contributed by atoms with E-state index in [1.807, 2.05) is 18.2 Å². The van der Waals surface area contributed by atoms with Gasteiger partial charge in [-0.25, -0.2) is 0 Å². The fourth-order valence-corrected chi connectivity index (χ4v) is 2.94. The molecule has 1 aromatic rings. The lowest BCUT2D eigenvalue weighted by Gasteiger charge is -2.38. The van der Waals surface area contributed by atoms with Gasteiger partial charge in [-0.3, -0.25) is 4.79 Å². The fraction of sp³-hybridized carbons (Fsp3) is 0.400. The second kappa shape index (κ2) is 5.22. The van der Waals surface area contributed by atoms with E-state index in [0.29, 0.717) is 0 Å². The number of halogens is 1. The van der Waals surface area contributed by atoms with Crippen molar-refractivity contribution in [3.05, 3.63) is 34.8 Å². The Balaban J connectivity index is 2.51. The standard InChI is InChI=1S/C15H20BrN3O/c1-5-6-19(15(2,3)4)12-8-11-9(7-10(12)16)13(17)14(20)18-11/h5,7-8,13H,1,6,17H2,2-4H3,(H,18,20). The van der Waals surface area contributed by atoms with Gasteiger partial charge in [-0.1, -0.05) is 6.08 Å². The van der Waals surface area contributed by atoms with Crippen molar-refractivity contribution < 1.29 is 4.79 Å². The van der Waals surface area contributed by atoms with E-state index in [0.717, 1.165) is 28.0 Å². The molecule has 1 aliphatic rings. The number of anilines is 2. The molecule has 1 unspecified atom stereocenters. The summed E-state index contributed by atoms with van der Waals surface area (Å²) in [5.41, 5.74) is 8.45. The molecule has 4 nitrogen and oxygen atoms in total. The Bertz CT molecular complexity index is 563. The molecule has 0 spiro atoms. The van der Waals surface area contributed by atoms with Gasteiger partial charge in [-0.05, 0) is 48.8 Å². The van der Waals surface area contributed by atoms with Crippen molar-refractivity contribution in [2.75, 3.05) is 16.8 Å². The summed E-state index contributed by atoms with van der Waals surface area (Å²) in [5, 5.41) is 2.83. The molecule has 3 N–H and O–H groups in total. The lowest BCUT2D eigenvalue weighted by atomic mass is 10.0. The average molecular weight is 338 g/mol. The molecule has 1 aromatic carbocycles. The summed E-state index contributed by atoms with van der Waals surface area (Å²) in [6.45, 7) is 11.0. The molecule has 5 heteroatoms. The molecule has 1 amide bonds. The van der Waals surface area contributed by atoms with E-state index in [1.54, 1.807) is 0 Å². The maximum absolute atomic E-state index is 11.7. The Morgan fingerprint density at radius 3 is 2.70 bits per heavy atom. The molecule has 0 fully saturated rings. The number of nitrogens with two attached hydrogens (primary N) is 1. The first-order valence-electron chi connectivity index (χ1n) is 6.54. The van der Waals surface area contributed by atoms with Crippen LogP contribution in [0.2, 0.25) is 0 Å². The first kappa shape index (κ1) is 15.1. The molecule has 0 aliphatic carbocycles. The summed E-state index contributed by atoms with van der Waals surface area (Å²) in [4.78, 5) is 13.9. The van der Waals surface area contributed by atoms with Crippen molar-refractivity contribution in [3.63, 3.8) is 0 Å². The molecule has 1 atom stereocenters. The predicted octanol–water partition coefficient (Wildman–Crippen LogP) is 3.19. The van der Waals surface area contributed by atoms with Gasteiger partial charge in [0.25, 0.3) is 0 Å². The highest BCUT2D eigenvalue weighted by molar-refractivity contribution is 9.10. The number of rotatable bonds is 3. The van der Waals surface area contributed by atoms with Crippen LogP contribution < -0.4 is 16.0 Å². The number of nitrogens with zero attached hydrogens (tertiary/aromatic N) is 1. The van der Waals surface area contributed by atoms with Crippen LogP contribution in [-0.4, -0.2) is 18.0 Å².